The number of aliphatic hydroxyl groups excluding tert-OH is 1. The van der Waals surface area contributed by atoms with E-state index in [0.29, 0.717) is 34.3 Å². The van der Waals surface area contributed by atoms with E-state index < -0.39 is 6.10 Å². The van der Waals surface area contributed by atoms with E-state index in [0.717, 1.165) is 28.8 Å². The first-order valence-corrected chi connectivity index (χ1v) is 12.2. The summed E-state index contributed by atoms with van der Waals surface area (Å²) in [7, 11) is 0. The van der Waals surface area contributed by atoms with Crippen LogP contribution in [-0.2, 0) is 11.2 Å². The van der Waals surface area contributed by atoms with Gasteiger partial charge in [0.15, 0.2) is 0 Å². The molecule has 2 aliphatic rings. The van der Waals surface area contributed by atoms with Gasteiger partial charge in [0.2, 0.25) is 5.78 Å². The molecule has 6 nitrogen and oxygen atoms in total. The maximum Gasteiger partial charge on any atom is 0.208 e. The Hall–Kier alpha value is -2.32. The van der Waals surface area contributed by atoms with Crippen molar-refractivity contribution < 1.29 is 14.6 Å². The molecule has 2 N–H and O–H groups in total. The average molecular weight is 483 g/mol. The molecule has 1 aliphatic heterocycles. The molecular formula is C25H25ClN3O3S. The molecule has 4 atom stereocenters. The van der Waals surface area contributed by atoms with Gasteiger partial charge in [-0.2, -0.15) is 0 Å². The van der Waals surface area contributed by atoms with Crippen LogP contribution in [0.1, 0.15) is 55.7 Å². The number of nitrogens with zero attached hydrogens (tertiary/aromatic N) is 2. The van der Waals surface area contributed by atoms with Crippen LogP contribution >= 0.6 is 22.9 Å². The van der Waals surface area contributed by atoms with Crippen LogP contribution in [-0.4, -0.2) is 39.6 Å². The zero-order chi connectivity index (χ0) is 23.1. The molecule has 0 amide bonds. The van der Waals surface area contributed by atoms with Crippen molar-refractivity contribution in [1.82, 2.24) is 9.97 Å². The minimum atomic E-state index is -0.446. The van der Waals surface area contributed by atoms with E-state index in [1.165, 1.54) is 23.2 Å². The van der Waals surface area contributed by atoms with Crippen molar-refractivity contribution in [3.63, 3.8) is 0 Å². The van der Waals surface area contributed by atoms with Gasteiger partial charge in [0.05, 0.1) is 23.2 Å². The third-order valence-corrected chi connectivity index (χ3v) is 7.76. The number of ketones is 1. The number of hydrogen-bond donors (Lipinski definition) is 2. The van der Waals surface area contributed by atoms with Crippen LogP contribution in [0, 0.1) is 19.8 Å². The van der Waals surface area contributed by atoms with Crippen molar-refractivity contribution in [3.05, 3.63) is 80.7 Å². The number of hydrogen-bond acceptors (Lipinski definition) is 7. The summed E-state index contributed by atoms with van der Waals surface area (Å²) in [4.78, 5) is 23.5. The van der Waals surface area contributed by atoms with E-state index in [4.69, 9.17) is 16.3 Å². The predicted octanol–water partition coefficient (Wildman–Crippen LogP) is 4.78. The predicted molar refractivity (Wildman–Crippen MR) is 129 cm³/mol. The van der Waals surface area contributed by atoms with E-state index in [1.54, 1.807) is 6.20 Å². The number of carbonyl (C=O) groups excluding carboxylic acids is 1. The Morgan fingerprint density at radius 3 is 2.94 bits per heavy atom. The molecule has 3 aromatic rings. The van der Waals surface area contributed by atoms with Crippen molar-refractivity contribution in [2.24, 2.45) is 5.92 Å². The summed E-state index contributed by atoms with van der Waals surface area (Å²) in [5.41, 5.74) is 3.68. The molecule has 1 aliphatic carbocycles. The summed E-state index contributed by atoms with van der Waals surface area (Å²) >= 11 is 7.71. The first-order chi connectivity index (χ1) is 15.9. The number of thiophene rings is 1. The third kappa shape index (κ3) is 4.43. The Morgan fingerprint density at radius 2 is 2.15 bits per heavy atom. The van der Waals surface area contributed by atoms with Gasteiger partial charge in [-0.1, -0.05) is 17.7 Å². The lowest BCUT2D eigenvalue weighted by Crippen LogP contribution is -2.20. The van der Waals surface area contributed by atoms with Crippen LogP contribution < -0.4 is 5.32 Å². The number of benzene rings is 1. The summed E-state index contributed by atoms with van der Waals surface area (Å²) in [5.74, 6) is 0.321. The number of nitrogens with one attached hydrogen (secondary N) is 1. The van der Waals surface area contributed by atoms with Crippen molar-refractivity contribution in [3.8, 4) is 0 Å². The molecule has 2 aromatic heterocycles. The van der Waals surface area contributed by atoms with Crippen LogP contribution in [0.25, 0.3) is 0 Å². The van der Waals surface area contributed by atoms with Crippen molar-refractivity contribution in [2.75, 3.05) is 11.9 Å². The lowest BCUT2D eigenvalue weighted by molar-refractivity contribution is 0.0697. The Balaban J connectivity index is 1.43. The molecule has 1 saturated carbocycles. The zero-order valence-corrected chi connectivity index (χ0v) is 19.8. The molecule has 1 radical (unpaired) electrons. The molecule has 5 rings (SSSR count). The van der Waals surface area contributed by atoms with Crippen LogP contribution in [0.5, 0.6) is 0 Å². The van der Waals surface area contributed by atoms with Gasteiger partial charge in [-0.3, -0.25) is 4.79 Å². The van der Waals surface area contributed by atoms with Gasteiger partial charge in [-0.15, -0.1) is 11.3 Å². The molecule has 0 spiro atoms. The molecule has 33 heavy (non-hydrogen) atoms. The normalized spacial score (nSPS) is 24.5. The quantitative estimate of drug-likeness (QED) is 0.509. The Morgan fingerprint density at radius 1 is 1.30 bits per heavy atom. The maximum atomic E-state index is 13.5. The number of carbonyl (C=O) groups is 1. The van der Waals surface area contributed by atoms with Crippen LogP contribution in [0.15, 0.2) is 36.8 Å². The smallest absolute Gasteiger partial charge is 0.208 e. The first-order valence-electron chi connectivity index (χ1n) is 11.0. The minimum Gasteiger partial charge on any atom is -0.393 e. The molecule has 3 heterocycles. The van der Waals surface area contributed by atoms with E-state index in [1.807, 2.05) is 25.1 Å². The number of anilines is 1. The Bertz CT molecular complexity index is 1190. The number of aliphatic hydroxyl groups is 1. The number of fused-ring (bicyclic) bond motifs is 1. The van der Waals surface area contributed by atoms with Gasteiger partial charge in [0.1, 0.15) is 18.2 Å². The molecule has 0 saturated heterocycles. The fourth-order valence-electron chi connectivity index (χ4n) is 4.70. The van der Waals surface area contributed by atoms with Crippen molar-refractivity contribution in [2.45, 2.75) is 44.4 Å². The average Bonchev–Trinajstić information content (AvgIpc) is 3.34. The van der Waals surface area contributed by atoms with Gasteiger partial charge < -0.3 is 15.2 Å². The van der Waals surface area contributed by atoms with E-state index >= 15 is 0 Å². The van der Waals surface area contributed by atoms with Gasteiger partial charge >= 0.3 is 0 Å². The monoisotopic (exact) mass is 482 g/mol. The number of rotatable bonds is 5. The fourth-order valence-corrected chi connectivity index (χ4v) is 5.88. The highest BCUT2D eigenvalue weighted by Crippen LogP contribution is 2.39. The summed E-state index contributed by atoms with van der Waals surface area (Å²) in [5, 5.41) is 14.0. The molecular weight excluding hydrogens is 458 g/mol. The minimum absolute atomic E-state index is 0.0153. The Kier molecular flexibility index (Phi) is 6.22. The first kappa shape index (κ1) is 22.5. The highest BCUT2D eigenvalue weighted by Gasteiger charge is 2.32. The topological polar surface area (TPSA) is 84.3 Å². The molecule has 171 valence electrons. The summed E-state index contributed by atoms with van der Waals surface area (Å²) in [6, 6.07) is 7.85. The summed E-state index contributed by atoms with van der Waals surface area (Å²) in [6.07, 6.45) is 4.43. The summed E-state index contributed by atoms with van der Waals surface area (Å²) in [6.45, 7) is 6.62. The third-order valence-electron chi connectivity index (χ3n) is 6.46. The number of halogens is 1. The number of aromatic nitrogens is 2. The lowest BCUT2D eigenvalue weighted by atomic mass is 9.93. The zero-order valence-electron chi connectivity index (χ0n) is 18.3. The summed E-state index contributed by atoms with van der Waals surface area (Å²) < 4.78 is 6.13. The second kappa shape index (κ2) is 9.14. The van der Waals surface area contributed by atoms with Gasteiger partial charge in [-0.25, -0.2) is 9.97 Å². The number of aryl methyl sites for hydroxylation is 1. The van der Waals surface area contributed by atoms with Crippen molar-refractivity contribution >= 4 is 34.5 Å². The van der Waals surface area contributed by atoms with Crippen molar-refractivity contribution in [1.29, 1.82) is 0 Å². The molecule has 8 heteroatoms. The molecule has 1 fully saturated rings. The highest BCUT2D eigenvalue weighted by atomic mass is 35.5. The maximum absolute atomic E-state index is 13.5. The highest BCUT2D eigenvalue weighted by molar-refractivity contribution is 7.14. The fraction of sp³-hybridized carbons (Fsp3) is 0.360. The molecule has 0 unspecified atom stereocenters. The van der Waals surface area contributed by atoms with Gasteiger partial charge in [0, 0.05) is 22.1 Å². The molecule has 1 aromatic carbocycles. The van der Waals surface area contributed by atoms with Gasteiger partial charge in [-0.05, 0) is 73.9 Å². The number of ether oxygens (including phenoxy) is 1. The second-order valence-corrected chi connectivity index (χ2v) is 10.4. The van der Waals surface area contributed by atoms with Crippen LogP contribution in [0.4, 0.5) is 5.82 Å². The van der Waals surface area contributed by atoms with Crippen LogP contribution in [0.2, 0.25) is 5.02 Å². The SMILES string of the molecule is [CH2][C@@H]1C[C@@H](Nc2ncncc2C(=O)c2cc([C@H]3OCCc4ccc(Cl)cc43)c(C)s2)C[C@@H]1O. The van der Waals surface area contributed by atoms with E-state index in [9.17, 15) is 9.90 Å². The second-order valence-electron chi connectivity index (χ2n) is 8.72. The van der Waals surface area contributed by atoms with E-state index in [2.05, 4.69) is 28.3 Å². The van der Waals surface area contributed by atoms with Gasteiger partial charge in [0.25, 0.3) is 0 Å². The van der Waals surface area contributed by atoms with E-state index in [-0.39, 0.29) is 23.8 Å². The molecule has 0 bridgehead atoms. The van der Waals surface area contributed by atoms with Crippen LogP contribution in [0.3, 0.4) is 0 Å². The lowest BCUT2D eigenvalue weighted by Gasteiger charge is -2.26. The standard InChI is InChI=1S/C25H25ClN3O3S/c1-13-7-17(9-21(13)30)29-25-20(11-27-12-28-25)23(31)22-10-18(14(2)33-22)24-19-8-16(26)4-3-15(19)5-6-32-24/h3-4,8,10-13,17,21,24,30H,1,5-7,9H2,2H3,(H,27,28,29)/t13-,17-,21+,24-/m1/s1. The Labute approximate surface area is 202 Å². The largest absolute Gasteiger partial charge is 0.393 e.